The van der Waals surface area contributed by atoms with Crippen LogP contribution in [0.4, 0.5) is 18.9 Å². The highest BCUT2D eigenvalue weighted by Crippen LogP contribution is 2.33. The van der Waals surface area contributed by atoms with E-state index in [-0.39, 0.29) is 0 Å². The third kappa shape index (κ3) is 3.44. The Balaban J connectivity index is 1.79. The Morgan fingerprint density at radius 2 is 1.90 bits per heavy atom. The lowest BCUT2D eigenvalue weighted by Crippen LogP contribution is -2.19. The molecule has 0 unspecified atom stereocenters. The second kappa shape index (κ2) is 7.05. The van der Waals surface area contributed by atoms with Gasteiger partial charge in [-0.1, -0.05) is 24.3 Å². The summed E-state index contributed by atoms with van der Waals surface area (Å²) in [5.74, 6) is -0.850. The number of benzene rings is 2. The van der Waals surface area contributed by atoms with Gasteiger partial charge in [-0.15, -0.1) is 0 Å². The number of para-hydroxylation sites is 1. The van der Waals surface area contributed by atoms with Crippen molar-refractivity contribution in [2.75, 3.05) is 5.32 Å². The van der Waals surface area contributed by atoms with Crippen LogP contribution in [0, 0.1) is 6.92 Å². The third-order valence-corrected chi connectivity index (χ3v) is 4.54. The summed E-state index contributed by atoms with van der Waals surface area (Å²) in [5.41, 5.74) is 1.09. The number of anilines is 1. The zero-order chi connectivity index (χ0) is 20.6. The Labute approximate surface area is 163 Å². The summed E-state index contributed by atoms with van der Waals surface area (Å²) in [4.78, 5) is 21.1. The molecule has 29 heavy (non-hydrogen) atoms. The van der Waals surface area contributed by atoms with E-state index in [1.54, 1.807) is 37.1 Å². The molecule has 1 N–H and O–H groups in total. The number of carbonyl (C=O) groups is 1. The lowest BCUT2D eigenvalue weighted by atomic mass is 10.1. The van der Waals surface area contributed by atoms with Gasteiger partial charge in [0.25, 0.3) is 5.91 Å². The van der Waals surface area contributed by atoms with Crippen LogP contribution >= 0.6 is 0 Å². The molecule has 1 amide bonds. The molecule has 2 aromatic carbocycles. The number of nitrogens with one attached hydrogen (secondary N) is 1. The van der Waals surface area contributed by atoms with Gasteiger partial charge in [-0.05, 0) is 30.7 Å². The number of pyridine rings is 1. The Hall–Kier alpha value is -3.68. The summed E-state index contributed by atoms with van der Waals surface area (Å²) in [6.45, 7) is 1.90. The van der Waals surface area contributed by atoms with Crippen LogP contribution in [-0.4, -0.2) is 20.4 Å². The maximum absolute atomic E-state index is 13.3. The fourth-order valence-electron chi connectivity index (χ4n) is 3.26. The Morgan fingerprint density at radius 3 is 2.62 bits per heavy atom. The van der Waals surface area contributed by atoms with Gasteiger partial charge in [0.2, 0.25) is 0 Å². The van der Waals surface area contributed by atoms with E-state index in [0.717, 1.165) is 28.8 Å². The number of amides is 1. The van der Waals surface area contributed by atoms with E-state index < -0.39 is 23.2 Å². The van der Waals surface area contributed by atoms with Gasteiger partial charge >= 0.3 is 6.18 Å². The molecule has 2 heterocycles. The summed E-state index contributed by atoms with van der Waals surface area (Å²) in [6, 6.07) is 9.84. The van der Waals surface area contributed by atoms with Crippen molar-refractivity contribution in [2.24, 2.45) is 0 Å². The van der Waals surface area contributed by atoms with Gasteiger partial charge in [-0.2, -0.15) is 13.2 Å². The number of hydrogen-bond acceptors (Lipinski definition) is 3. The van der Waals surface area contributed by atoms with E-state index in [1.165, 1.54) is 12.1 Å². The molecule has 0 aliphatic rings. The summed E-state index contributed by atoms with van der Waals surface area (Å²) in [7, 11) is 0. The molecule has 8 heteroatoms. The van der Waals surface area contributed by atoms with Gasteiger partial charge in [0.1, 0.15) is 0 Å². The molecule has 0 aliphatic heterocycles. The van der Waals surface area contributed by atoms with E-state index in [1.807, 2.05) is 17.6 Å². The van der Waals surface area contributed by atoms with Crippen molar-refractivity contribution in [3.8, 4) is 5.69 Å². The van der Waals surface area contributed by atoms with Gasteiger partial charge in [0, 0.05) is 24.0 Å². The zero-order valence-corrected chi connectivity index (χ0v) is 15.2. The first-order chi connectivity index (χ1) is 13.9. The number of aryl methyl sites for hydroxylation is 1. The molecule has 4 rings (SSSR count). The highest BCUT2D eigenvalue weighted by atomic mass is 19.4. The van der Waals surface area contributed by atoms with Gasteiger partial charge in [0.15, 0.2) is 0 Å². The topological polar surface area (TPSA) is 59.8 Å². The van der Waals surface area contributed by atoms with Crippen molar-refractivity contribution >= 4 is 22.5 Å². The van der Waals surface area contributed by atoms with Crippen molar-refractivity contribution in [3.05, 3.63) is 84.1 Å². The van der Waals surface area contributed by atoms with E-state index in [9.17, 15) is 18.0 Å². The predicted octanol–water partition coefficient (Wildman–Crippen LogP) is 5.00. The van der Waals surface area contributed by atoms with Crippen LogP contribution in [-0.2, 0) is 6.18 Å². The molecule has 0 spiro atoms. The maximum Gasteiger partial charge on any atom is 0.417 e. The fraction of sp³-hybridized carbons (Fsp3) is 0.0952. The number of hydrogen-bond donors (Lipinski definition) is 1. The molecule has 0 saturated carbocycles. The molecule has 4 aromatic rings. The van der Waals surface area contributed by atoms with Crippen LogP contribution in [0.3, 0.4) is 0 Å². The lowest BCUT2D eigenvalue weighted by Gasteiger charge is -2.15. The minimum Gasteiger partial charge on any atom is -0.320 e. The highest BCUT2D eigenvalue weighted by molar-refractivity contribution is 6.10. The smallest absolute Gasteiger partial charge is 0.320 e. The molecule has 2 aromatic heterocycles. The molecule has 0 radical (unpaired) electrons. The first-order valence-corrected chi connectivity index (χ1v) is 8.70. The highest BCUT2D eigenvalue weighted by Gasteiger charge is 2.34. The van der Waals surface area contributed by atoms with Crippen molar-refractivity contribution < 1.29 is 18.0 Å². The average molecular weight is 396 g/mol. The lowest BCUT2D eigenvalue weighted by molar-refractivity contribution is -0.137. The molecule has 0 bridgehead atoms. The van der Waals surface area contributed by atoms with Crippen molar-refractivity contribution in [1.29, 1.82) is 0 Å². The molecular formula is C21H15F3N4O. The number of imidazole rings is 1. The Morgan fingerprint density at radius 1 is 1.10 bits per heavy atom. The number of alkyl halides is 3. The summed E-state index contributed by atoms with van der Waals surface area (Å²) in [6.07, 6.45) is 2.10. The normalized spacial score (nSPS) is 11.6. The van der Waals surface area contributed by atoms with Crippen molar-refractivity contribution in [3.63, 3.8) is 0 Å². The van der Waals surface area contributed by atoms with Crippen LogP contribution < -0.4 is 5.32 Å². The summed E-state index contributed by atoms with van der Waals surface area (Å²) >= 11 is 0. The first kappa shape index (κ1) is 18.7. The van der Waals surface area contributed by atoms with Crippen LogP contribution in [0.15, 0.2) is 67.4 Å². The molecule has 0 fully saturated rings. The van der Waals surface area contributed by atoms with E-state index in [0.29, 0.717) is 11.2 Å². The van der Waals surface area contributed by atoms with Gasteiger partial charge < -0.3 is 9.88 Å². The first-order valence-electron chi connectivity index (χ1n) is 8.70. The van der Waals surface area contributed by atoms with Crippen LogP contribution in [0.1, 0.15) is 21.5 Å². The molecule has 5 nitrogen and oxygen atoms in total. The van der Waals surface area contributed by atoms with Crippen molar-refractivity contribution in [1.82, 2.24) is 14.5 Å². The third-order valence-electron chi connectivity index (χ3n) is 4.54. The standard InChI is InChI=1S/C21H15F3N4O/c1-13-11-26-18-15(19(13)28-10-9-25-12-28)6-4-8-17(18)27-20(29)14-5-2-3-7-16(14)21(22,23)24/h2-12H,1H3,(H,27,29). The number of carbonyl (C=O) groups excluding carboxylic acids is 1. The van der Waals surface area contributed by atoms with Gasteiger partial charge in [0.05, 0.1) is 34.3 Å². The fourth-order valence-corrected chi connectivity index (χ4v) is 3.26. The number of nitrogens with zero attached hydrogens (tertiary/aromatic N) is 3. The Kier molecular flexibility index (Phi) is 4.54. The number of halogens is 3. The summed E-state index contributed by atoms with van der Waals surface area (Å²) in [5, 5.41) is 3.32. The maximum atomic E-state index is 13.3. The quantitative estimate of drug-likeness (QED) is 0.530. The van der Waals surface area contributed by atoms with E-state index in [4.69, 9.17) is 0 Å². The second-order valence-corrected chi connectivity index (χ2v) is 6.46. The molecule has 0 atom stereocenters. The van der Waals surface area contributed by atoms with E-state index in [2.05, 4.69) is 15.3 Å². The monoisotopic (exact) mass is 396 g/mol. The molecule has 0 aliphatic carbocycles. The second-order valence-electron chi connectivity index (χ2n) is 6.46. The van der Waals surface area contributed by atoms with Crippen LogP contribution in [0.5, 0.6) is 0 Å². The predicted molar refractivity (Wildman–Crippen MR) is 103 cm³/mol. The number of fused-ring (bicyclic) bond motifs is 1. The zero-order valence-electron chi connectivity index (χ0n) is 15.2. The average Bonchev–Trinajstić information content (AvgIpc) is 3.21. The SMILES string of the molecule is Cc1cnc2c(NC(=O)c3ccccc3C(F)(F)F)cccc2c1-n1ccnc1. The Bertz CT molecular complexity index is 1200. The largest absolute Gasteiger partial charge is 0.417 e. The van der Waals surface area contributed by atoms with Crippen LogP contribution in [0.25, 0.3) is 16.6 Å². The molecular weight excluding hydrogens is 381 g/mol. The van der Waals surface area contributed by atoms with Gasteiger partial charge in [-0.25, -0.2) is 4.98 Å². The number of aromatic nitrogens is 3. The minimum atomic E-state index is -4.63. The minimum absolute atomic E-state index is 0.325. The molecule has 146 valence electrons. The number of rotatable bonds is 3. The van der Waals surface area contributed by atoms with Gasteiger partial charge in [-0.3, -0.25) is 9.78 Å². The van der Waals surface area contributed by atoms with E-state index >= 15 is 0 Å². The summed E-state index contributed by atoms with van der Waals surface area (Å²) < 4.78 is 41.6. The molecule has 0 saturated heterocycles. The van der Waals surface area contributed by atoms with Crippen LogP contribution in [0.2, 0.25) is 0 Å². The van der Waals surface area contributed by atoms with Crippen molar-refractivity contribution in [2.45, 2.75) is 13.1 Å².